The second-order valence-electron chi connectivity index (χ2n) is 4.75. The third kappa shape index (κ3) is 2.09. The van der Waals surface area contributed by atoms with Gasteiger partial charge in [-0.1, -0.05) is 0 Å². The van der Waals surface area contributed by atoms with E-state index in [9.17, 15) is 4.79 Å². The molecule has 1 aromatic heterocycles. The highest BCUT2D eigenvalue weighted by Gasteiger charge is 2.38. The van der Waals surface area contributed by atoms with E-state index in [-0.39, 0.29) is 5.91 Å². The molecule has 0 spiro atoms. The Labute approximate surface area is 109 Å². The van der Waals surface area contributed by atoms with Gasteiger partial charge in [0.05, 0.1) is 0 Å². The van der Waals surface area contributed by atoms with Gasteiger partial charge in [0.2, 0.25) is 0 Å². The Morgan fingerprint density at radius 3 is 2.65 bits per heavy atom. The number of aromatic nitrogens is 1. The number of carbonyl (C=O) groups is 1. The smallest absolute Gasteiger partial charge is 0.272 e. The first-order valence-corrected chi connectivity index (χ1v) is 6.65. The molecule has 1 amide bonds. The van der Waals surface area contributed by atoms with Gasteiger partial charge in [-0.3, -0.25) is 4.79 Å². The topological polar surface area (TPSA) is 45.2 Å². The first-order chi connectivity index (χ1) is 8.24. The molecule has 0 radical (unpaired) electrons. The minimum Gasteiger partial charge on any atom is -0.337 e. The molecule has 0 unspecified atom stereocenters. The van der Waals surface area contributed by atoms with Gasteiger partial charge in [-0.15, -0.1) is 0 Å². The van der Waals surface area contributed by atoms with Crippen molar-refractivity contribution < 1.29 is 4.79 Å². The Kier molecular flexibility index (Phi) is 2.88. The van der Waals surface area contributed by atoms with Gasteiger partial charge in [0.1, 0.15) is 5.69 Å². The Morgan fingerprint density at radius 1 is 1.35 bits per heavy atom. The summed E-state index contributed by atoms with van der Waals surface area (Å²) in [4.78, 5) is 18.3. The molecule has 1 N–H and O–H groups in total. The predicted molar refractivity (Wildman–Crippen MR) is 67.7 cm³/mol. The van der Waals surface area contributed by atoms with Crippen LogP contribution in [0, 0.1) is 11.8 Å². The second kappa shape index (κ2) is 4.38. The molecule has 4 nitrogen and oxygen atoms in total. The van der Waals surface area contributed by atoms with E-state index in [4.69, 9.17) is 0 Å². The first kappa shape index (κ1) is 11.2. The van der Waals surface area contributed by atoms with Crippen molar-refractivity contribution in [3.05, 3.63) is 28.5 Å². The summed E-state index contributed by atoms with van der Waals surface area (Å²) in [5.74, 6) is 1.33. The van der Waals surface area contributed by atoms with E-state index in [1.807, 2.05) is 11.0 Å². The van der Waals surface area contributed by atoms with Crippen LogP contribution in [0.1, 0.15) is 10.5 Å². The summed E-state index contributed by atoms with van der Waals surface area (Å²) in [5, 5.41) is 3.37. The zero-order valence-corrected chi connectivity index (χ0v) is 11.0. The summed E-state index contributed by atoms with van der Waals surface area (Å²) >= 11 is 3.32. The van der Waals surface area contributed by atoms with Crippen molar-refractivity contribution in [3.63, 3.8) is 0 Å². The minimum absolute atomic E-state index is 0.0619. The van der Waals surface area contributed by atoms with Gasteiger partial charge >= 0.3 is 0 Å². The summed E-state index contributed by atoms with van der Waals surface area (Å²) in [7, 11) is 0. The van der Waals surface area contributed by atoms with Gasteiger partial charge in [-0.05, 0) is 39.9 Å². The minimum atomic E-state index is 0.0619. The van der Waals surface area contributed by atoms with Crippen LogP contribution in [0.4, 0.5) is 0 Å². The number of halogens is 1. The van der Waals surface area contributed by atoms with Crippen LogP contribution < -0.4 is 5.32 Å². The van der Waals surface area contributed by atoms with Crippen molar-refractivity contribution in [2.75, 3.05) is 26.2 Å². The Balaban J connectivity index is 1.73. The zero-order chi connectivity index (χ0) is 11.8. The van der Waals surface area contributed by atoms with Gasteiger partial charge in [0, 0.05) is 36.8 Å². The number of amides is 1. The Morgan fingerprint density at radius 2 is 2.06 bits per heavy atom. The molecule has 2 atom stereocenters. The van der Waals surface area contributed by atoms with Crippen molar-refractivity contribution in [2.24, 2.45) is 11.8 Å². The summed E-state index contributed by atoms with van der Waals surface area (Å²) in [5.41, 5.74) is 0.543. The molecular weight excluding hydrogens is 282 g/mol. The normalized spacial score (nSPS) is 27.2. The SMILES string of the molecule is O=C(c1ccc(Br)cn1)N1C[C@H]2CNC[C@H]2C1. The number of hydrogen-bond acceptors (Lipinski definition) is 3. The summed E-state index contributed by atoms with van der Waals surface area (Å²) < 4.78 is 0.900. The van der Waals surface area contributed by atoms with E-state index in [1.165, 1.54) is 0 Å². The van der Waals surface area contributed by atoms with Crippen molar-refractivity contribution >= 4 is 21.8 Å². The number of nitrogens with zero attached hydrogens (tertiary/aromatic N) is 2. The van der Waals surface area contributed by atoms with Crippen molar-refractivity contribution in [1.29, 1.82) is 0 Å². The summed E-state index contributed by atoms with van der Waals surface area (Å²) in [6.45, 7) is 3.83. The first-order valence-electron chi connectivity index (χ1n) is 5.85. The molecule has 0 saturated carbocycles. The maximum Gasteiger partial charge on any atom is 0.272 e. The Bertz CT molecular complexity index is 422. The fourth-order valence-electron chi connectivity index (χ4n) is 2.69. The fraction of sp³-hybridized carbons (Fsp3) is 0.500. The second-order valence-corrected chi connectivity index (χ2v) is 5.67. The molecule has 5 heteroatoms. The van der Waals surface area contributed by atoms with E-state index >= 15 is 0 Å². The maximum atomic E-state index is 12.2. The average molecular weight is 296 g/mol. The third-order valence-corrected chi connectivity index (χ3v) is 4.09. The Hall–Kier alpha value is -0.940. The lowest BCUT2D eigenvalue weighted by atomic mass is 10.0. The molecule has 3 heterocycles. The van der Waals surface area contributed by atoms with Crippen LogP contribution in [0.5, 0.6) is 0 Å². The largest absolute Gasteiger partial charge is 0.337 e. The van der Waals surface area contributed by atoms with Gasteiger partial charge in [0.15, 0.2) is 0 Å². The summed E-state index contributed by atoms with van der Waals surface area (Å²) in [6.07, 6.45) is 1.67. The molecule has 0 aliphatic carbocycles. The molecule has 3 rings (SSSR count). The number of rotatable bonds is 1. The molecule has 2 aliphatic rings. The lowest BCUT2D eigenvalue weighted by molar-refractivity contribution is 0.0776. The van der Waals surface area contributed by atoms with Crippen molar-refractivity contribution in [1.82, 2.24) is 15.2 Å². The highest BCUT2D eigenvalue weighted by molar-refractivity contribution is 9.10. The number of pyridine rings is 1. The van der Waals surface area contributed by atoms with Crippen LogP contribution in [0.15, 0.2) is 22.8 Å². The van der Waals surface area contributed by atoms with Crippen molar-refractivity contribution in [3.8, 4) is 0 Å². The molecule has 90 valence electrons. The van der Waals surface area contributed by atoms with E-state index in [0.29, 0.717) is 17.5 Å². The van der Waals surface area contributed by atoms with E-state index in [1.54, 1.807) is 12.3 Å². The van der Waals surface area contributed by atoms with Crippen LogP contribution in [-0.4, -0.2) is 42.0 Å². The molecule has 1 aromatic rings. The lowest BCUT2D eigenvalue weighted by Gasteiger charge is -2.16. The van der Waals surface area contributed by atoms with Gasteiger partial charge in [-0.2, -0.15) is 0 Å². The number of fused-ring (bicyclic) bond motifs is 1. The van der Waals surface area contributed by atoms with E-state index < -0.39 is 0 Å². The van der Waals surface area contributed by atoms with Crippen LogP contribution in [-0.2, 0) is 0 Å². The molecule has 17 heavy (non-hydrogen) atoms. The van der Waals surface area contributed by atoms with Gasteiger partial charge in [0.25, 0.3) is 5.91 Å². The molecule has 0 aromatic carbocycles. The fourth-order valence-corrected chi connectivity index (χ4v) is 2.92. The van der Waals surface area contributed by atoms with Gasteiger partial charge < -0.3 is 10.2 Å². The molecule has 2 aliphatic heterocycles. The number of carbonyl (C=O) groups excluding carboxylic acids is 1. The van der Waals surface area contributed by atoms with E-state index in [0.717, 1.165) is 30.7 Å². The van der Waals surface area contributed by atoms with E-state index in [2.05, 4.69) is 26.2 Å². The van der Waals surface area contributed by atoms with Crippen LogP contribution >= 0.6 is 15.9 Å². The molecule has 2 saturated heterocycles. The number of likely N-dealkylation sites (tertiary alicyclic amines) is 1. The highest BCUT2D eigenvalue weighted by Crippen LogP contribution is 2.27. The number of hydrogen-bond donors (Lipinski definition) is 1. The predicted octanol–water partition coefficient (Wildman–Crippen LogP) is 1.14. The van der Waals surface area contributed by atoms with Crippen molar-refractivity contribution in [2.45, 2.75) is 0 Å². The van der Waals surface area contributed by atoms with Gasteiger partial charge in [-0.25, -0.2) is 4.98 Å². The molecule has 2 fully saturated rings. The molecular formula is C12H14BrN3O. The monoisotopic (exact) mass is 295 g/mol. The lowest BCUT2D eigenvalue weighted by Crippen LogP contribution is -2.32. The highest BCUT2D eigenvalue weighted by atomic mass is 79.9. The zero-order valence-electron chi connectivity index (χ0n) is 9.40. The standard InChI is InChI=1S/C12H14BrN3O/c13-10-1-2-11(15-5-10)12(17)16-6-8-3-14-4-9(8)7-16/h1-2,5,8-9,14H,3-4,6-7H2/t8-,9+. The third-order valence-electron chi connectivity index (χ3n) is 3.62. The van der Waals surface area contributed by atoms with Crippen LogP contribution in [0.25, 0.3) is 0 Å². The number of nitrogens with one attached hydrogen (secondary N) is 1. The quantitative estimate of drug-likeness (QED) is 0.845. The van der Waals surface area contributed by atoms with Crippen LogP contribution in [0.2, 0.25) is 0 Å². The average Bonchev–Trinajstić information content (AvgIpc) is 2.89. The summed E-state index contributed by atoms with van der Waals surface area (Å²) in [6, 6.07) is 3.64. The van der Waals surface area contributed by atoms with Crippen LogP contribution in [0.3, 0.4) is 0 Å². The molecule has 0 bridgehead atoms. The maximum absolute atomic E-state index is 12.2.